The first-order chi connectivity index (χ1) is 18.3. The molecule has 2 rings (SSSR count). The summed E-state index contributed by atoms with van der Waals surface area (Å²) in [6, 6.07) is 4.17. The first-order valence-electron chi connectivity index (χ1n) is 12.6. The smallest absolute Gasteiger partial charge is 0.328 e. The molecule has 39 heavy (non-hydrogen) atoms. The number of rotatable bonds is 12. The molecule has 0 heterocycles. The van der Waals surface area contributed by atoms with E-state index in [1.165, 1.54) is 5.56 Å². The van der Waals surface area contributed by atoms with Crippen molar-refractivity contribution in [1.82, 2.24) is 4.90 Å². The molecule has 0 fully saturated rings. The Morgan fingerprint density at radius 2 is 1.38 bits per heavy atom. The summed E-state index contributed by atoms with van der Waals surface area (Å²) in [6.07, 6.45) is 1.12. The van der Waals surface area contributed by atoms with Crippen LogP contribution in [0.4, 0.5) is 0 Å². The van der Waals surface area contributed by atoms with Gasteiger partial charge < -0.3 is 29.2 Å². The number of aliphatic carboxylic acids is 2. The van der Waals surface area contributed by atoms with Gasteiger partial charge in [-0.05, 0) is 75.0 Å². The van der Waals surface area contributed by atoms with Crippen LogP contribution in [0, 0.1) is 27.7 Å². The molecule has 0 spiro atoms. The summed E-state index contributed by atoms with van der Waals surface area (Å²) in [5, 5.41) is 15.6. The zero-order valence-electron chi connectivity index (χ0n) is 24.8. The third-order valence-corrected chi connectivity index (χ3v) is 6.40. The zero-order valence-corrected chi connectivity index (χ0v) is 24.8. The highest BCUT2D eigenvalue weighted by Crippen LogP contribution is 2.38. The molecule has 0 radical (unpaired) electrons. The van der Waals surface area contributed by atoms with Crippen LogP contribution in [-0.2, 0) is 16.1 Å². The van der Waals surface area contributed by atoms with Crippen molar-refractivity contribution in [2.45, 2.75) is 54.0 Å². The maximum Gasteiger partial charge on any atom is 0.328 e. The summed E-state index contributed by atoms with van der Waals surface area (Å²) < 4.78 is 23.1. The van der Waals surface area contributed by atoms with E-state index in [-0.39, 0.29) is 0 Å². The SMILES string of the molecule is COc1cc(C(C)C)c(OCCN(C)Cc2c(C)c(OC)c(C)c(C)c2OC)cc1C.O=C(O)/C=C/C(=O)O. The largest absolute Gasteiger partial charge is 0.496 e. The van der Waals surface area contributed by atoms with E-state index in [1.807, 2.05) is 6.92 Å². The van der Waals surface area contributed by atoms with Gasteiger partial charge in [0, 0.05) is 36.4 Å². The highest BCUT2D eigenvalue weighted by molar-refractivity contribution is 5.89. The van der Waals surface area contributed by atoms with Gasteiger partial charge in [-0.15, -0.1) is 0 Å². The molecule has 2 N–H and O–H groups in total. The Hall–Kier alpha value is -3.72. The van der Waals surface area contributed by atoms with Crippen LogP contribution in [0.15, 0.2) is 24.3 Å². The van der Waals surface area contributed by atoms with E-state index >= 15 is 0 Å². The second-order valence-corrected chi connectivity index (χ2v) is 9.53. The van der Waals surface area contributed by atoms with Crippen LogP contribution in [0.5, 0.6) is 23.0 Å². The number of hydrogen-bond donors (Lipinski definition) is 2. The van der Waals surface area contributed by atoms with Crippen LogP contribution in [0.3, 0.4) is 0 Å². The first-order valence-corrected chi connectivity index (χ1v) is 12.6. The maximum atomic E-state index is 9.55. The van der Waals surface area contributed by atoms with Crippen LogP contribution in [0.2, 0.25) is 0 Å². The van der Waals surface area contributed by atoms with Crippen molar-refractivity contribution in [3.05, 3.63) is 57.7 Å². The number of aryl methyl sites for hydroxylation is 1. The number of carboxylic acid groups (broad SMARTS) is 2. The van der Waals surface area contributed by atoms with Gasteiger partial charge in [0.1, 0.15) is 29.6 Å². The standard InChI is InChI=1S/C26H39NO4.C4H4O4/c1-16(2)21-14-23(28-8)17(3)13-24(21)31-12-11-27(7)15-22-20(6)25(29-9)18(4)19(5)26(22)30-10;5-3(6)1-2-4(7)8/h13-14,16H,11-12,15H2,1-10H3;1-2H,(H,5,6)(H,7,8)/b;2-1+. The van der Waals surface area contributed by atoms with E-state index < -0.39 is 11.9 Å². The Kier molecular flexibility index (Phi) is 13.4. The molecular weight excluding hydrogens is 502 g/mol. The molecular formula is C30H43NO8. The van der Waals surface area contributed by atoms with Crippen LogP contribution >= 0.6 is 0 Å². The fraction of sp³-hybridized carbons (Fsp3) is 0.467. The minimum Gasteiger partial charge on any atom is -0.496 e. The monoisotopic (exact) mass is 545 g/mol. The van der Waals surface area contributed by atoms with Gasteiger partial charge in [-0.3, -0.25) is 4.90 Å². The fourth-order valence-corrected chi connectivity index (χ4v) is 4.20. The van der Waals surface area contributed by atoms with Gasteiger partial charge in [0.05, 0.1) is 21.3 Å². The molecule has 2 aromatic rings. The van der Waals surface area contributed by atoms with Gasteiger partial charge >= 0.3 is 11.9 Å². The fourth-order valence-electron chi connectivity index (χ4n) is 4.20. The lowest BCUT2D eigenvalue weighted by atomic mass is 9.97. The van der Waals surface area contributed by atoms with E-state index in [1.54, 1.807) is 21.3 Å². The van der Waals surface area contributed by atoms with Crippen LogP contribution < -0.4 is 18.9 Å². The zero-order chi connectivity index (χ0) is 29.9. The number of carboxylic acids is 2. The lowest BCUT2D eigenvalue weighted by Gasteiger charge is -2.24. The second kappa shape index (κ2) is 15.6. The third kappa shape index (κ3) is 9.51. The lowest BCUT2D eigenvalue weighted by molar-refractivity contribution is -0.134. The number of ether oxygens (including phenoxy) is 4. The molecule has 0 aliphatic carbocycles. The number of benzene rings is 2. The quantitative estimate of drug-likeness (QED) is 0.343. The predicted octanol–water partition coefficient (Wildman–Crippen LogP) is 5.29. The van der Waals surface area contributed by atoms with E-state index in [0.717, 1.165) is 63.9 Å². The molecule has 0 bridgehead atoms. The molecule has 0 atom stereocenters. The molecule has 0 saturated carbocycles. The normalized spacial score (nSPS) is 10.9. The Bertz CT molecular complexity index is 1150. The first kappa shape index (κ1) is 33.3. The lowest BCUT2D eigenvalue weighted by Crippen LogP contribution is -2.25. The summed E-state index contributed by atoms with van der Waals surface area (Å²) in [4.78, 5) is 21.4. The highest BCUT2D eigenvalue weighted by atomic mass is 16.5. The van der Waals surface area contributed by atoms with Crippen molar-refractivity contribution in [2.24, 2.45) is 0 Å². The van der Waals surface area contributed by atoms with Gasteiger partial charge in [0.25, 0.3) is 0 Å². The molecule has 0 saturated heterocycles. The predicted molar refractivity (Wildman–Crippen MR) is 152 cm³/mol. The van der Waals surface area contributed by atoms with Crippen molar-refractivity contribution < 1.29 is 38.7 Å². The van der Waals surface area contributed by atoms with Gasteiger partial charge in [0.15, 0.2) is 0 Å². The van der Waals surface area contributed by atoms with Crippen LogP contribution in [0.1, 0.15) is 53.1 Å². The minimum absolute atomic E-state index is 0.358. The third-order valence-electron chi connectivity index (χ3n) is 6.40. The van der Waals surface area contributed by atoms with Gasteiger partial charge in [-0.25, -0.2) is 9.59 Å². The summed E-state index contributed by atoms with van der Waals surface area (Å²) in [5.74, 6) is 1.56. The summed E-state index contributed by atoms with van der Waals surface area (Å²) in [7, 11) is 7.28. The maximum absolute atomic E-state index is 9.55. The summed E-state index contributed by atoms with van der Waals surface area (Å²) >= 11 is 0. The van der Waals surface area contributed by atoms with Crippen molar-refractivity contribution >= 4 is 11.9 Å². The van der Waals surface area contributed by atoms with Gasteiger partial charge in [0.2, 0.25) is 0 Å². The van der Waals surface area contributed by atoms with Crippen molar-refractivity contribution in [1.29, 1.82) is 0 Å². The molecule has 2 aromatic carbocycles. The van der Waals surface area contributed by atoms with Gasteiger partial charge in [-0.2, -0.15) is 0 Å². The van der Waals surface area contributed by atoms with Crippen molar-refractivity contribution in [3.8, 4) is 23.0 Å². The number of hydrogen-bond acceptors (Lipinski definition) is 7. The average molecular weight is 546 g/mol. The van der Waals surface area contributed by atoms with E-state index in [2.05, 4.69) is 58.7 Å². The van der Waals surface area contributed by atoms with E-state index in [0.29, 0.717) is 24.7 Å². The van der Waals surface area contributed by atoms with E-state index in [4.69, 9.17) is 29.2 Å². The Balaban J connectivity index is 0.000000824. The summed E-state index contributed by atoms with van der Waals surface area (Å²) in [5.41, 5.74) is 6.79. The topological polar surface area (TPSA) is 115 Å². The number of nitrogens with zero attached hydrogens (tertiary/aromatic N) is 1. The van der Waals surface area contributed by atoms with Gasteiger partial charge in [-0.1, -0.05) is 13.8 Å². The second-order valence-electron chi connectivity index (χ2n) is 9.53. The molecule has 0 aliphatic heterocycles. The summed E-state index contributed by atoms with van der Waals surface area (Å²) in [6.45, 7) is 14.8. The molecule has 9 nitrogen and oxygen atoms in total. The molecule has 0 unspecified atom stereocenters. The highest BCUT2D eigenvalue weighted by Gasteiger charge is 2.20. The Labute approximate surface area is 231 Å². The molecule has 0 aromatic heterocycles. The van der Waals surface area contributed by atoms with E-state index in [9.17, 15) is 9.59 Å². The number of carbonyl (C=O) groups is 2. The molecule has 216 valence electrons. The number of methoxy groups -OCH3 is 3. The average Bonchev–Trinajstić information content (AvgIpc) is 2.87. The van der Waals surface area contributed by atoms with Crippen molar-refractivity contribution in [3.63, 3.8) is 0 Å². The molecule has 0 amide bonds. The molecule has 9 heteroatoms. The Morgan fingerprint density at radius 1 is 0.846 bits per heavy atom. The minimum atomic E-state index is -1.26. The van der Waals surface area contributed by atoms with Crippen LogP contribution in [0.25, 0.3) is 0 Å². The number of likely N-dealkylation sites (N-methyl/N-ethyl adjacent to an activating group) is 1. The Morgan fingerprint density at radius 3 is 1.85 bits per heavy atom. The van der Waals surface area contributed by atoms with Crippen molar-refractivity contribution in [2.75, 3.05) is 41.5 Å². The van der Waals surface area contributed by atoms with Crippen LogP contribution in [-0.4, -0.2) is 68.6 Å². The molecule has 0 aliphatic rings.